The molecule has 2 N–H and O–H groups in total. The normalized spacial score (nSPS) is 16.3. The Balaban J connectivity index is 0.00000208. The highest BCUT2D eigenvalue weighted by atomic mass is 35.5. The molecule has 0 spiro atoms. The molecule has 1 saturated heterocycles. The van der Waals surface area contributed by atoms with Gasteiger partial charge in [-0.3, -0.25) is 4.79 Å². The monoisotopic (exact) mass is 362 g/mol. The van der Waals surface area contributed by atoms with Crippen LogP contribution in [0.15, 0.2) is 65.6 Å². The fourth-order valence-corrected chi connectivity index (χ4v) is 3.94. The summed E-state index contributed by atoms with van der Waals surface area (Å²) in [5.74, 6) is 0.192. The van der Waals surface area contributed by atoms with Crippen LogP contribution < -0.4 is 5.73 Å². The van der Waals surface area contributed by atoms with Crippen LogP contribution in [-0.2, 0) is 4.79 Å². The van der Waals surface area contributed by atoms with Crippen LogP contribution in [0.1, 0.15) is 23.7 Å². The number of carbonyl (C=O) groups excluding carboxylic acids is 1. The molecule has 1 aliphatic heterocycles. The zero-order valence-electron chi connectivity index (χ0n) is 13.5. The highest BCUT2D eigenvalue weighted by Gasteiger charge is 2.29. The molecule has 128 valence electrons. The maximum Gasteiger partial charge on any atom is 0.240 e. The summed E-state index contributed by atoms with van der Waals surface area (Å²) in [7, 11) is 0. The quantitative estimate of drug-likeness (QED) is 0.839. The minimum atomic E-state index is -0.201. The molecule has 1 unspecified atom stereocenters. The third-order valence-corrected chi connectivity index (χ3v) is 5.43. The molecule has 1 atom stereocenters. The lowest BCUT2D eigenvalue weighted by molar-refractivity contribution is -0.131. The number of thioether (sulfide) groups is 1. The van der Waals surface area contributed by atoms with Crippen LogP contribution in [0.5, 0.6) is 0 Å². The van der Waals surface area contributed by atoms with Gasteiger partial charge in [0.15, 0.2) is 0 Å². The van der Waals surface area contributed by atoms with Crippen molar-refractivity contribution in [2.24, 2.45) is 5.73 Å². The van der Waals surface area contributed by atoms with E-state index in [0.29, 0.717) is 0 Å². The molecule has 1 aliphatic rings. The molecule has 0 saturated carbocycles. The standard InChI is InChI=1S/C19H22N2OS.ClH/c20-16-11-13-21(14-12-16)19(22)18(15-7-3-1-4-8-15)23-17-9-5-2-6-10-17;/h1-10,16,18H,11-14,20H2;1H. The second-order valence-electron chi connectivity index (χ2n) is 5.88. The van der Waals surface area contributed by atoms with E-state index in [-0.39, 0.29) is 29.6 Å². The van der Waals surface area contributed by atoms with Crippen molar-refractivity contribution >= 4 is 30.1 Å². The van der Waals surface area contributed by atoms with Gasteiger partial charge in [-0.05, 0) is 30.5 Å². The van der Waals surface area contributed by atoms with E-state index >= 15 is 0 Å². The van der Waals surface area contributed by atoms with Crippen molar-refractivity contribution in [1.29, 1.82) is 0 Å². The van der Waals surface area contributed by atoms with E-state index in [0.717, 1.165) is 36.4 Å². The third kappa shape index (κ3) is 4.76. The van der Waals surface area contributed by atoms with Gasteiger partial charge in [-0.15, -0.1) is 24.2 Å². The molecule has 24 heavy (non-hydrogen) atoms. The molecule has 0 radical (unpaired) electrons. The summed E-state index contributed by atoms with van der Waals surface area (Å²) >= 11 is 1.62. The summed E-state index contributed by atoms with van der Waals surface area (Å²) in [4.78, 5) is 16.2. The van der Waals surface area contributed by atoms with E-state index in [9.17, 15) is 4.79 Å². The lowest BCUT2D eigenvalue weighted by atomic mass is 10.0. The Labute approximate surface area is 154 Å². The van der Waals surface area contributed by atoms with Crippen LogP contribution in [0.2, 0.25) is 0 Å². The van der Waals surface area contributed by atoms with E-state index in [4.69, 9.17) is 5.73 Å². The van der Waals surface area contributed by atoms with Crippen molar-refractivity contribution < 1.29 is 4.79 Å². The molecule has 1 heterocycles. The largest absolute Gasteiger partial charge is 0.341 e. The number of benzene rings is 2. The molecule has 0 aliphatic carbocycles. The lowest BCUT2D eigenvalue weighted by Gasteiger charge is -2.33. The first kappa shape index (κ1) is 18.8. The van der Waals surface area contributed by atoms with Gasteiger partial charge in [-0.25, -0.2) is 0 Å². The number of hydrogen-bond donors (Lipinski definition) is 1. The SMILES string of the molecule is Cl.NC1CCN(C(=O)C(Sc2ccccc2)c2ccccc2)CC1. The Bertz CT molecular complexity index is 630. The Morgan fingerprint density at radius 2 is 1.54 bits per heavy atom. The predicted molar refractivity (Wildman–Crippen MR) is 103 cm³/mol. The van der Waals surface area contributed by atoms with Crippen molar-refractivity contribution in [2.75, 3.05) is 13.1 Å². The minimum absolute atomic E-state index is 0. The molecule has 0 bridgehead atoms. The van der Waals surface area contributed by atoms with E-state index in [2.05, 4.69) is 12.1 Å². The maximum absolute atomic E-state index is 13.1. The van der Waals surface area contributed by atoms with Gasteiger partial charge in [0.25, 0.3) is 0 Å². The Hall–Kier alpha value is -1.49. The Morgan fingerprint density at radius 3 is 2.12 bits per heavy atom. The highest BCUT2D eigenvalue weighted by Crippen LogP contribution is 2.37. The molecule has 3 rings (SSSR count). The summed E-state index contributed by atoms with van der Waals surface area (Å²) < 4.78 is 0. The smallest absolute Gasteiger partial charge is 0.240 e. The molecule has 5 heteroatoms. The number of amides is 1. The van der Waals surface area contributed by atoms with E-state index in [1.54, 1.807) is 11.8 Å². The van der Waals surface area contributed by atoms with Crippen LogP contribution in [0.25, 0.3) is 0 Å². The minimum Gasteiger partial charge on any atom is -0.341 e. The number of halogens is 1. The van der Waals surface area contributed by atoms with Gasteiger partial charge in [0.1, 0.15) is 5.25 Å². The van der Waals surface area contributed by atoms with Crippen molar-refractivity contribution in [3.63, 3.8) is 0 Å². The van der Waals surface area contributed by atoms with Gasteiger partial charge in [-0.2, -0.15) is 0 Å². The topological polar surface area (TPSA) is 46.3 Å². The molecule has 1 amide bonds. The van der Waals surface area contributed by atoms with Crippen LogP contribution in [0.4, 0.5) is 0 Å². The molecule has 1 fully saturated rings. The van der Waals surface area contributed by atoms with Gasteiger partial charge in [0.2, 0.25) is 5.91 Å². The fourth-order valence-electron chi connectivity index (χ4n) is 2.81. The summed E-state index contributed by atoms with van der Waals surface area (Å²) in [6.07, 6.45) is 1.78. The van der Waals surface area contributed by atoms with Crippen molar-refractivity contribution in [1.82, 2.24) is 4.90 Å². The zero-order valence-corrected chi connectivity index (χ0v) is 15.1. The summed E-state index contributed by atoms with van der Waals surface area (Å²) in [5.41, 5.74) is 7.02. The van der Waals surface area contributed by atoms with E-state index in [1.165, 1.54) is 0 Å². The van der Waals surface area contributed by atoms with Crippen molar-refractivity contribution in [2.45, 2.75) is 29.0 Å². The van der Waals surface area contributed by atoms with Crippen LogP contribution in [0, 0.1) is 0 Å². The molecule has 0 aromatic heterocycles. The molecular formula is C19H23ClN2OS. The van der Waals surface area contributed by atoms with Crippen LogP contribution >= 0.6 is 24.2 Å². The van der Waals surface area contributed by atoms with Gasteiger partial charge in [0.05, 0.1) is 0 Å². The highest BCUT2D eigenvalue weighted by molar-refractivity contribution is 8.00. The van der Waals surface area contributed by atoms with Crippen LogP contribution in [-0.4, -0.2) is 29.9 Å². The van der Waals surface area contributed by atoms with E-state index < -0.39 is 0 Å². The first-order chi connectivity index (χ1) is 11.2. The number of carbonyl (C=O) groups is 1. The first-order valence-corrected chi connectivity index (χ1v) is 8.93. The predicted octanol–water partition coefficient (Wildman–Crippen LogP) is 3.89. The van der Waals surface area contributed by atoms with Gasteiger partial charge in [-0.1, -0.05) is 48.5 Å². The number of likely N-dealkylation sites (tertiary alicyclic amines) is 1. The summed E-state index contributed by atoms with van der Waals surface area (Å²) in [6.45, 7) is 1.53. The third-order valence-electron chi connectivity index (χ3n) is 4.18. The average molecular weight is 363 g/mol. The molecule has 3 nitrogen and oxygen atoms in total. The zero-order chi connectivity index (χ0) is 16.1. The molecule has 2 aromatic rings. The number of rotatable bonds is 4. The maximum atomic E-state index is 13.1. The lowest BCUT2D eigenvalue weighted by Crippen LogP contribution is -2.44. The average Bonchev–Trinajstić information content (AvgIpc) is 2.61. The van der Waals surface area contributed by atoms with Gasteiger partial charge < -0.3 is 10.6 Å². The second kappa shape index (κ2) is 9.11. The van der Waals surface area contributed by atoms with Gasteiger partial charge in [0, 0.05) is 24.0 Å². The van der Waals surface area contributed by atoms with Gasteiger partial charge >= 0.3 is 0 Å². The Kier molecular flexibility index (Phi) is 7.16. The number of piperidine rings is 1. The van der Waals surface area contributed by atoms with Crippen LogP contribution in [0.3, 0.4) is 0 Å². The van der Waals surface area contributed by atoms with E-state index in [1.807, 2.05) is 53.4 Å². The van der Waals surface area contributed by atoms with Crippen molar-refractivity contribution in [3.05, 3.63) is 66.2 Å². The fraction of sp³-hybridized carbons (Fsp3) is 0.316. The second-order valence-corrected chi connectivity index (χ2v) is 7.06. The van der Waals surface area contributed by atoms with Crippen molar-refractivity contribution in [3.8, 4) is 0 Å². The number of nitrogens with zero attached hydrogens (tertiary/aromatic N) is 1. The molecule has 2 aromatic carbocycles. The molecular weight excluding hydrogens is 340 g/mol. The first-order valence-electron chi connectivity index (χ1n) is 8.05. The summed E-state index contributed by atoms with van der Waals surface area (Å²) in [5, 5.41) is -0.201. The Morgan fingerprint density at radius 1 is 1.00 bits per heavy atom. The summed E-state index contributed by atoms with van der Waals surface area (Å²) in [6, 6.07) is 20.4. The number of hydrogen-bond acceptors (Lipinski definition) is 3. The number of nitrogens with two attached hydrogens (primary N) is 1.